The van der Waals surface area contributed by atoms with Crippen LogP contribution in [0.1, 0.15) is 40.1 Å². The smallest absolute Gasteiger partial charge is 0.343 e. The maximum Gasteiger partial charge on any atom is 0.343 e. The molecule has 3 aromatic rings. The van der Waals surface area contributed by atoms with E-state index in [1.807, 2.05) is 19.9 Å². The molecule has 0 aliphatic carbocycles. The molecule has 0 fully saturated rings. The molecule has 0 saturated heterocycles. The third kappa shape index (κ3) is 6.18. The van der Waals surface area contributed by atoms with Crippen LogP contribution in [0.4, 0.5) is 0 Å². The zero-order chi connectivity index (χ0) is 22.8. The predicted octanol–water partition coefficient (Wildman–Crippen LogP) is 4.47. The summed E-state index contributed by atoms with van der Waals surface area (Å²) in [4.78, 5) is 24.6. The molecule has 0 spiro atoms. The minimum absolute atomic E-state index is 0.288. The molecule has 0 saturated carbocycles. The van der Waals surface area contributed by atoms with Crippen molar-refractivity contribution in [3.63, 3.8) is 0 Å². The van der Waals surface area contributed by atoms with E-state index in [0.29, 0.717) is 41.4 Å². The number of rotatable bonds is 9. The molecule has 7 heteroatoms. The average Bonchev–Trinajstić information content (AvgIpc) is 2.82. The summed E-state index contributed by atoms with van der Waals surface area (Å²) in [5.41, 5.74) is 4.05. The second-order valence-electron chi connectivity index (χ2n) is 6.55. The summed E-state index contributed by atoms with van der Waals surface area (Å²) in [6.45, 7) is 4.66. The lowest BCUT2D eigenvalue weighted by Crippen LogP contribution is -2.17. The number of nitrogens with one attached hydrogen (secondary N) is 1. The Balaban J connectivity index is 1.68. The van der Waals surface area contributed by atoms with Crippen molar-refractivity contribution in [1.82, 2.24) is 5.43 Å². The molecule has 0 heterocycles. The Bertz CT molecular complexity index is 1080. The number of amides is 1. The van der Waals surface area contributed by atoms with Crippen molar-refractivity contribution in [2.75, 3.05) is 13.2 Å². The van der Waals surface area contributed by atoms with E-state index in [-0.39, 0.29) is 11.7 Å². The SMILES string of the molecule is CCOc1ccc(C(=O)Oc2ccc(C=NNC(=O)c3ccccc3)cc2OCC)cc1. The van der Waals surface area contributed by atoms with Gasteiger partial charge in [0.1, 0.15) is 5.75 Å². The summed E-state index contributed by atoms with van der Waals surface area (Å²) in [6, 6.07) is 20.5. The highest BCUT2D eigenvalue weighted by Gasteiger charge is 2.13. The standard InChI is InChI=1S/C25H24N2O5/c1-3-30-21-13-11-20(12-14-21)25(29)32-22-15-10-18(16-23(22)31-4-2)17-26-27-24(28)19-8-6-5-7-9-19/h5-17H,3-4H2,1-2H3,(H,27,28). The monoisotopic (exact) mass is 432 g/mol. The predicted molar refractivity (Wildman–Crippen MR) is 122 cm³/mol. The van der Waals surface area contributed by atoms with E-state index < -0.39 is 5.97 Å². The molecule has 7 nitrogen and oxygen atoms in total. The van der Waals surface area contributed by atoms with Gasteiger partial charge < -0.3 is 14.2 Å². The van der Waals surface area contributed by atoms with E-state index in [1.54, 1.807) is 66.7 Å². The molecule has 32 heavy (non-hydrogen) atoms. The van der Waals surface area contributed by atoms with E-state index in [0.717, 1.165) is 0 Å². The van der Waals surface area contributed by atoms with Gasteiger partial charge in [0, 0.05) is 5.56 Å². The van der Waals surface area contributed by atoms with Crippen LogP contribution in [-0.2, 0) is 0 Å². The first-order valence-corrected chi connectivity index (χ1v) is 10.2. The van der Waals surface area contributed by atoms with Crippen LogP contribution in [0.15, 0.2) is 77.9 Å². The number of carbonyl (C=O) groups excluding carboxylic acids is 2. The molecular formula is C25H24N2O5. The first-order chi connectivity index (χ1) is 15.6. The summed E-state index contributed by atoms with van der Waals surface area (Å²) in [5.74, 6) is 0.543. The second kappa shape index (κ2) is 11.3. The molecule has 0 unspecified atom stereocenters. The van der Waals surface area contributed by atoms with Crippen LogP contribution in [-0.4, -0.2) is 31.3 Å². The lowest BCUT2D eigenvalue weighted by atomic mass is 10.2. The van der Waals surface area contributed by atoms with Crippen LogP contribution < -0.4 is 19.6 Å². The molecule has 1 amide bonds. The minimum Gasteiger partial charge on any atom is -0.494 e. The third-order valence-electron chi connectivity index (χ3n) is 4.29. The van der Waals surface area contributed by atoms with Crippen molar-refractivity contribution < 1.29 is 23.8 Å². The number of benzene rings is 3. The second-order valence-corrected chi connectivity index (χ2v) is 6.55. The van der Waals surface area contributed by atoms with Gasteiger partial charge >= 0.3 is 5.97 Å². The van der Waals surface area contributed by atoms with E-state index in [9.17, 15) is 9.59 Å². The first-order valence-electron chi connectivity index (χ1n) is 10.2. The molecule has 3 rings (SSSR count). The maximum atomic E-state index is 12.5. The van der Waals surface area contributed by atoms with Crippen LogP contribution in [0.2, 0.25) is 0 Å². The number of hydrazone groups is 1. The van der Waals surface area contributed by atoms with Gasteiger partial charge in [0.25, 0.3) is 5.91 Å². The van der Waals surface area contributed by atoms with Crippen molar-refractivity contribution in [3.05, 3.63) is 89.5 Å². The largest absolute Gasteiger partial charge is 0.494 e. The zero-order valence-corrected chi connectivity index (χ0v) is 17.9. The Kier molecular flexibility index (Phi) is 7.97. The van der Waals surface area contributed by atoms with Crippen LogP contribution in [0.5, 0.6) is 17.2 Å². The average molecular weight is 432 g/mol. The summed E-state index contributed by atoms with van der Waals surface area (Å²) in [6.07, 6.45) is 1.49. The van der Waals surface area contributed by atoms with Gasteiger partial charge in [-0.15, -0.1) is 0 Å². The molecular weight excluding hydrogens is 408 g/mol. The minimum atomic E-state index is -0.509. The van der Waals surface area contributed by atoms with Crippen molar-refractivity contribution in [3.8, 4) is 17.2 Å². The van der Waals surface area contributed by atoms with Crippen molar-refractivity contribution in [2.24, 2.45) is 5.10 Å². The van der Waals surface area contributed by atoms with Crippen LogP contribution in [0, 0.1) is 0 Å². The molecule has 164 valence electrons. The number of carbonyl (C=O) groups is 2. The zero-order valence-electron chi connectivity index (χ0n) is 17.9. The Morgan fingerprint density at radius 1 is 0.844 bits per heavy atom. The molecule has 0 aliphatic heterocycles. The van der Waals surface area contributed by atoms with Gasteiger partial charge in [0.05, 0.1) is 25.0 Å². The van der Waals surface area contributed by atoms with E-state index in [4.69, 9.17) is 14.2 Å². The highest BCUT2D eigenvalue weighted by Crippen LogP contribution is 2.29. The van der Waals surface area contributed by atoms with Gasteiger partial charge in [-0.3, -0.25) is 4.79 Å². The Labute approximate surface area is 186 Å². The van der Waals surface area contributed by atoms with Crippen LogP contribution in [0.25, 0.3) is 0 Å². The molecule has 0 radical (unpaired) electrons. The van der Waals surface area contributed by atoms with Crippen molar-refractivity contribution in [2.45, 2.75) is 13.8 Å². The summed E-state index contributed by atoms with van der Waals surface area (Å²) >= 11 is 0. The Morgan fingerprint density at radius 3 is 2.25 bits per heavy atom. The highest BCUT2D eigenvalue weighted by atomic mass is 16.6. The lowest BCUT2D eigenvalue weighted by Gasteiger charge is -2.11. The first kappa shape index (κ1) is 22.6. The summed E-state index contributed by atoms with van der Waals surface area (Å²) in [7, 11) is 0. The van der Waals surface area contributed by atoms with Crippen molar-refractivity contribution >= 4 is 18.1 Å². The van der Waals surface area contributed by atoms with E-state index in [2.05, 4.69) is 10.5 Å². The van der Waals surface area contributed by atoms with Gasteiger partial charge in [-0.25, -0.2) is 10.2 Å². The molecule has 0 aliphatic rings. The number of ether oxygens (including phenoxy) is 3. The molecule has 0 atom stereocenters. The fraction of sp³-hybridized carbons (Fsp3) is 0.160. The molecule has 0 bridgehead atoms. The fourth-order valence-corrected chi connectivity index (χ4v) is 2.79. The fourth-order valence-electron chi connectivity index (χ4n) is 2.79. The topological polar surface area (TPSA) is 86.2 Å². The summed E-state index contributed by atoms with van der Waals surface area (Å²) in [5, 5.41) is 3.98. The lowest BCUT2D eigenvalue weighted by molar-refractivity contribution is 0.0728. The number of hydrogen-bond acceptors (Lipinski definition) is 6. The van der Waals surface area contributed by atoms with Gasteiger partial charge in [-0.2, -0.15) is 5.10 Å². The molecule has 0 aromatic heterocycles. The van der Waals surface area contributed by atoms with Gasteiger partial charge in [-0.1, -0.05) is 18.2 Å². The maximum absolute atomic E-state index is 12.5. The number of esters is 1. The number of hydrogen-bond donors (Lipinski definition) is 1. The molecule has 1 N–H and O–H groups in total. The quantitative estimate of drug-likeness (QED) is 0.233. The third-order valence-corrected chi connectivity index (χ3v) is 4.29. The summed E-state index contributed by atoms with van der Waals surface area (Å²) < 4.78 is 16.5. The van der Waals surface area contributed by atoms with Crippen molar-refractivity contribution in [1.29, 1.82) is 0 Å². The Hall–Kier alpha value is -4.13. The van der Waals surface area contributed by atoms with E-state index >= 15 is 0 Å². The highest BCUT2D eigenvalue weighted by molar-refractivity contribution is 5.95. The number of nitrogens with zero attached hydrogens (tertiary/aromatic N) is 1. The van der Waals surface area contributed by atoms with Crippen LogP contribution >= 0.6 is 0 Å². The molecule has 3 aromatic carbocycles. The van der Waals surface area contributed by atoms with Gasteiger partial charge in [-0.05, 0) is 74.0 Å². The van der Waals surface area contributed by atoms with Crippen LogP contribution in [0.3, 0.4) is 0 Å². The van der Waals surface area contributed by atoms with Gasteiger partial charge in [0.15, 0.2) is 11.5 Å². The van der Waals surface area contributed by atoms with E-state index in [1.165, 1.54) is 6.21 Å². The van der Waals surface area contributed by atoms with Gasteiger partial charge in [0.2, 0.25) is 0 Å². The Morgan fingerprint density at radius 2 is 1.56 bits per heavy atom. The normalized spacial score (nSPS) is 10.6.